The smallest absolute Gasteiger partial charge is 0.217 e. The largest absolute Gasteiger partial charge is 0.388 e. The molecule has 10 N–H and O–H groups in total. The predicted octanol–water partition coefficient (Wildman–Crippen LogP) is -4.44. The monoisotopic (exact) mass is 798 g/mol. The fourth-order valence-electron chi connectivity index (χ4n) is 7.62. The molecule has 0 aromatic rings. The van der Waals surface area contributed by atoms with Crippen molar-refractivity contribution in [1.29, 1.82) is 0 Å². The highest BCUT2D eigenvalue weighted by molar-refractivity contribution is 5.73. The third-order valence-electron chi connectivity index (χ3n) is 10.7. The van der Waals surface area contributed by atoms with Crippen molar-refractivity contribution in [3.8, 4) is 0 Å². The number of nitrogens with one attached hydrogen (secondary N) is 2. The first-order valence-corrected chi connectivity index (χ1v) is 18.6. The lowest BCUT2D eigenvalue weighted by molar-refractivity contribution is -0.396. The molecule has 2 amide bonds. The molecule has 5 fully saturated rings. The number of hydrogen-bond donors (Lipinski definition) is 10. The Morgan fingerprint density at radius 1 is 0.455 bits per heavy atom. The summed E-state index contributed by atoms with van der Waals surface area (Å²) in [6.07, 6.45) is -27.9. The minimum Gasteiger partial charge on any atom is -0.388 e. The lowest BCUT2D eigenvalue weighted by Gasteiger charge is -2.50. The van der Waals surface area contributed by atoms with Crippen LogP contribution in [0.3, 0.4) is 0 Å². The van der Waals surface area contributed by atoms with E-state index in [0.29, 0.717) is 0 Å². The first-order chi connectivity index (χ1) is 25.8. The summed E-state index contributed by atoms with van der Waals surface area (Å²) < 4.78 is 53.8. The van der Waals surface area contributed by atoms with Gasteiger partial charge in [-0.05, 0) is 34.6 Å². The van der Waals surface area contributed by atoms with E-state index >= 15 is 0 Å². The molecule has 5 heterocycles. The van der Waals surface area contributed by atoms with Crippen LogP contribution in [0, 0.1) is 0 Å². The maximum atomic E-state index is 12.0. The number of hydrogen-bond acceptors (Lipinski definition) is 19. The zero-order valence-corrected chi connectivity index (χ0v) is 31.8. The Balaban J connectivity index is 1.41. The van der Waals surface area contributed by atoms with Crippen molar-refractivity contribution in [2.45, 2.75) is 203 Å². The van der Waals surface area contributed by atoms with E-state index in [-0.39, 0.29) is 18.7 Å². The molecule has 0 aromatic carbocycles. The Morgan fingerprint density at radius 3 is 1.40 bits per heavy atom. The van der Waals surface area contributed by atoms with Crippen molar-refractivity contribution in [3.05, 3.63) is 0 Å². The van der Waals surface area contributed by atoms with Crippen molar-refractivity contribution in [2.24, 2.45) is 0 Å². The standard InChI is InChI=1S/C34H58N2O19/c1-10-21(39)17(35-15(6)37)8-19(47-10)52-29-24(42)13(4)51-34(27(29)45)54-28-14(5)49-32(46)31(55-33-26(44)25(43)23(41)12(3)50-33)30(28)53-20-9-18(36-16(7)38)22(40)11(2)48-20/h10-14,17-34,39-46H,8-9H2,1-7H3,(H,35,37)(H,36,38)/t10-,11-,12-,13-,14-,17-,18-,19+,20+,21-,22-,23-,24-,25+,26-,27-,28-,29+,30+,31-,32+,33+,34+/m1/s1. The van der Waals surface area contributed by atoms with Crippen molar-refractivity contribution in [1.82, 2.24) is 10.6 Å². The Labute approximate surface area is 318 Å². The number of carbonyl (C=O) groups excluding carboxylic acids is 2. The molecular formula is C34H58N2O19. The topological polar surface area (TPSA) is 303 Å². The van der Waals surface area contributed by atoms with Gasteiger partial charge in [0, 0.05) is 26.7 Å². The first kappa shape index (κ1) is 44.4. The SMILES string of the molecule is CC(=O)N[C@@H]1C[C@H](O[C@@H]2[C@@H](O)[C@H](O[C@H]3[C@H](O[C@H]4C[C@@H](NC(C)=O)[C@H](O)[C@@H](C)O4)[C@@H](O[C@@H]4O[C@H](C)[C@@H](O)[C@H](O)[C@H]4O)[C@@H](O)O[C@@H]3C)O[C@H](C)[C@H]2O)O[C@H](C)[C@H]1O. The molecule has 23 atom stereocenters. The number of aliphatic hydroxyl groups excluding tert-OH is 8. The highest BCUT2D eigenvalue weighted by Gasteiger charge is 2.55. The molecule has 5 aliphatic heterocycles. The lowest BCUT2D eigenvalue weighted by Crippen LogP contribution is -2.67. The molecule has 0 bridgehead atoms. The molecule has 318 valence electrons. The highest BCUT2D eigenvalue weighted by Crippen LogP contribution is 2.36. The summed E-state index contributed by atoms with van der Waals surface area (Å²) in [5.74, 6) is -0.806. The maximum Gasteiger partial charge on any atom is 0.217 e. The van der Waals surface area contributed by atoms with Crippen LogP contribution in [0.1, 0.15) is 61.3 Å². The highest BCUT2D eigenvalue weighted by atomic mass is 16.8. The van der Waals surface area contributed by atoms with E-state index in [1.807, 2.05) is 0 Å². The third kappa shape index (κ3) is 10.1. The normalized spacial score (nSPS) is 50.9. The van der Waals surface area contributed by atoms with Crippen LogP contribution in [0.25, 0.3) is 0 Å². The van der Waals surface area contributed by atoms with E-state index in [0.717, 1.165) is 0 Å². The van der Waals surface area contributed by atoms with Gasteiger partial charge in [0.15, 0.2) is 31.5 Å². The quantitative estimate of drug-likeness (QED) is 0.0997. The van der Waals surface area contributed by atoms with Gasteiger partial charge in [0.2, 0.25) is 11.8 Å². The summed E-state index contributed by atoms with van der Waals surface area (Å²) in [7, 11) is 0. The van der Waals surface area contributed by atoms with Gasteiger partial charge in [0.05, 0.1) is 42.6 Å². The van der Waals surface area contributed by atoms with Crippen LogP contribution in [0.5, 0.6) is 0 Å². The zero-order chi connectivity index (χ0) is 40.6. The molecular weight excluding hydrogens is 740 g/mol. The Hall–Kier alpha value is -1.74. The first-order valence-electron chi connectivity index (χ1n) is 18.6. The summed E-state index contributed by atoms with van der Waals surface area (Å²) in [6, 6.07) is -1.56. The maximum absolute atomic E-state index is 12.0. The van der Waals surface area contributed by atoms with Crippen LogP contribution >= 0.6 is 0 Å². The van der Waals surface area contributed by atoms with Crippen molar-refractivity contribution >= 4 is 11.8 Å². The van der Waals surface area contributed by atoms with E-state index in [1.165, 1.54) is 34.6 Å². The van der Waals surface area contributed by atoms with Crippen molar-refractivity contribution in [2.75, 3.05) is 0 Å². The number of amides is 2. The number of ether oxygens (including phenoxy) is 9. The number of aliphatic hydroxyl groups is 8. The Kier molecular flexibility index (Phi) is 14.9. The van der Waals surface area contributed by atoms with Gasteiger partial charge in [-0.1, -0.05) is 0 Å². The molecule has 5 rings (SSSR count). The van der Waals surface area contributed by atoms with Gasteiger partial charge in [0.25, 0.3) is 0 Å². The van der Waals surface area contributed by atoms with E-state index in [4.69, 9.17) is 42.6 Å². The van der Waals surface area contributed by atoms with E-state index < -0.39 is 147 Å². The van der Waals surface area contributed by atoms with Gasteiger partial charge in [-0.3, -0.25) is 9.59 Å². The van der Waals surface area contributed by atoms with Crippen LogP contribution in [-0.2, 0) is 52.2 Å². The fourth-order valence-corrected chi connectivity index (χ4v) is 7.62. The van der Waals surface area contributed by atoms with Crippen molar-refractivity contribution in [3.63, 3.8) is 0 Å². The molecule has 0 radical (unpaired) electrons. The second-order valence-electron chi connectivity index (χ2n) is 15.1. The molecule has 55 heavy (non-hydrogen) atoms. The third-order valence-corrected chi connectivity index (χ3v) is 10.7. The lowest BCUT2D eigenvalue weighted by atomic mass is 9.95. The van der Waals surface area contributed by atoms with Gasteiger partial charge < -0.3 is 94.1 Å². The van der Waals surface area contributed by atoms with Crippen molar-refractivity contribution < 1.29 is 93.1 Å². The molecule has 5 saturated heterocycles. The number of carbonyl (C=O) groups is 2. The van der Waals surface area contributed by atoms with Gasteiger partial charge in [-0.2, -0.15) is 0 Å². The molecule has 0 unspecified atom stereocenters. The summed E-state index contributed by atoms with van der Waals surface area (Å²) in [5.41, 5.74) is 0. The van der Waals surface area contributed by atoms with E-state index in [9.17, 15) is 50.4 Å². The number of rotatable bonds is 10. The summed E-state index contributed by atoms with van der Waals surface area (Å²) >= 11 is 0. The average Bonchev–Trinajstić information content (AvgIpc) is 3.10. The van der Waals surface area contributed by atoms with E-state index in [1.54, 1.807) is 13.8 Å². The van der Waals surface area contributed by atoms with Crippen LogP contribution in [-0.4, -0.2) is 194 Å². The second-order valence-corrected chi connectivity index (χ2v) is 15.1. The van der Waals surface area contributed by atoms with Crippen LogP contribution in [0.15, 0.2) is 0 Å². The second kappa shape index (κ2) is 18.5. The molecule has 21 heteroatoms. The fraction of sp³-hybridized carbons (Fsp3) is 0.941. The summed E-state index contributed by atoms with van der Waals surface area (Å²) in [5, 5.41) is 92.0. The van der Waals surface area contributed by atoms with E-state index in [2.05, 4.69) is 10.6 Å². The van der Waals surface area contributed by atoms with Gasteiger partial charge in [-0.15, -0.1) is 0 Å². The molecule has 0 spiro atoms. The zero-order valence-electron chi connectivity index (χ0n) is 31.8. The molecule has 21 nitrogen and oxygen atoms in total. The molecule has 5 aliphatic rings. The summed E-state index contributed by atoms with van der Waals surface area (Å²) in [4.78, 5) is 23.7. The molecule has 0 saturated carbocycles. The molecule has 0 aliphatic carbocycles. The predicted molar refractivity (Wildman–Crippen MR) is 180 cm³/mol. The van der Waals surface area contributed by atoms with Gasteiger partial charge >= 0.3 is 0 Å². The summed E-state index contributed by atoms with van der Waals surface area (Å²) in [6.45, 7) is 10.2. The average molecular weight is 799 g/mol. The van der Waals surface area contributed by atoms with Crippen LogP contribution in [0.4, 0.5) is 0 Å². The Bertz CT molecular complexity index is 1290. The van der Waals surface area contributed by atoms with Gasteiger partial charge in [-0.25, -0.2) is 0 Å². The van der Waals surface area contributed by atoms with Crippen LogP contribution < -0.4 is 10.6 Å². The Morgan fingerprint density at radius 2 is 0.891 bits per heavy atom. The molecule has 0 aromatic heterocycles. The van der Waals surface area contributed by atoms with Gasteiger partial charge in [0.1, 0.15) is 67.1 Å². The minimum absolute atomic E-state index is 0.0183. The minimum atomic E-state index is -1.79. The van der Waals surface area contributed by atoms with Crippen LogP contribution in [0.2, 0.25) is 0 Å².